The van der Waals surface area contributed by atoms with Crippen LogP contribution in [0.2, 0.25) is 0 Å². The molecule has 0 heterocycles. The van der Waals surface area contributed by atoms with Crippen molar-refractivity contribution in [1.29, 1.82) is 0 Å². The largest absolute Gasteiger partial charge is 0.461 e. The molecular formula is C9H17NO2. The van der Waals surface area contributed by atoms with Gasteiger partial charge >= 0.3 is 5.97 Å². The van der Waals surface area contributed by atoms with Gasteiger partial charge in [0, 0.05) is 12.6 Å². The number of hydrogen-bond donors (Lipinski definition) is 0. The van der Waals surface area contributed by atoms with E-state index in [2.05, 4.69) is 0 Å². The van der Waals surface area contributed by atoms with Crippen LogP contribution in [0.1, 0.15) is 13.8 Å². The van der Waals surface area contributed by atoms with E-state index in [1.54, 1.807) is 0 Å². The molecule has 0 fully saturated rings. The predicted octanol–water partition coefficient (Wildman–Crippen LogP) is 1.06. The Kier molecular flexibility index (Phi) is 5.37. The van der Waals surface area contributed by atoms with Gasteiger partial charge in [-0.15, -0.1) is 0 Å². The van der Waals surface area contributed by atoms with Crippen molar-refractivity contribution in [2.75, 3.05) is 27.2 Å². The molecule has 0 amide bonds. The van der Waals surface area contributed by atoms with Gasteiger partial charge in [0.25, 0.3) is 0 Å². The van der Waals surface area contributed by atoms with Gasteiger partial charge < -0.3 is 9.64 Å². The van der Waals surface area contributed by atoms with Gasteiger partial charge in [0.2, 0.25) is 0 Å². The molecule has 0 aromatic rings. The highest BCUT2D eigenvalue weighted by Gasteiger charge is 1.97. The summed E-state index contributed by atoms with van der Waals surface area (Å²) in [4.78, 5) is 12.9. The molecule has 0 aliphatic heterocycles. The van der Waals surface area contributed by atoms with Gasteiger partial charge in [0.1, 0.15) is 6.61 Å². The topological polar surface area (TPSA) is 29.5 Å². The maximum Gasteiger partial charge on any atom is 0.330 e. The van der Waals surface area contributed by atoms with E-state index < -0.39 is 0 Å². The Balaban J connectivity index is 3.52. The number of nitrogens with zero attached hydrogens (tertiary/aromatic N) is 1. The van der Waals surface area contributed by atoms with Crippen LogP contribution in [0.25, 0.3) is 0 Å². The maximum atomic E-state index is 10.9. The number of likely N-dealkylation sites (N-methyl/N-ethyl adjacent to an activating group) is 1. The average molecular weight is 171 g/mol. The Hall–Kier alpha value is -0.830. The lowest BCUT2D eigenvalue weighted by atomic mass is 10.3. The molecule has 0 unspecified atom stereocenters. The SMILES string of the molecule is CC(C)=CC(=O)OCCN(C)C. The number of carbonyl (C=O) groups is 1. The lowest BCUT2D eigenvalue weighted by molar-refractivity contribution is -0.138. The molecular weight excluding hydrogens is 154 g/mol. The van der Waals surface area contributed by atoms with Crippen LogP contribution in [-0.4, -0.2) is 38.1 Å². The highest BCUT2D eigenvalue weighted by Crippen LogP contribution is 1.90. The minimum atomic E-state index is -0.253. The third-order valence-corrected chi connectivity index (χ3v) is 1.19. The number of carbonyl (C=O) groups excluding carboxylic acids is 1. The summed E-state index contributed by atoms with van der Waals surface area (Å²) in [6, 6.07) is 0. The number of allylic oxidation sites excluding steroid dienone is 1. The standard InChI is InChI=1S/C9H17NO2/c1-8(2)7-9(11)12-6-5-10(3)4/h7H,5-6H2,1-4H3. The average Bonchev–Trinajstić information content (AvgIpc) is 1.84. The van der Waals surface area contributed by atoms with Crippen LogP contribution in [0.3, 0.4) is 0 Å². The van der Waals surface area contributed by atoms with Crippen molar-refractivity contribution in [2.45, 2.75) is 13.8 Å². The molecule has 0 rings (SSSR count). The summed E-state index contributed by atoms with van der Waals surface area (Å²) in [5.74, 6) is -0.253. The van der Waals surface area contributed by atoms with Gasteiger partial charge in [-0.25, -0.2) is 4.79 Å². The first-order valence-corrected chi connectivity index (χ1v) is 3.98. The highest BCUT2D eigenvalue weighted by molar-refractivity contribution is 5.82. The highest BCUT2D eigenvalue weighted by atomic mass is 16.5. The van der Waals surface area contributed by atoms with Gasteiger partial charge in [-0.3, -0.25) is 0 Å². The fourth-order valence-corrected chi connectivity index (χ4v) is 0.606. The summed E-state index contributed by atoms with van der Waals surface area (Å²) in [5.41, 5.74) is 0.963. The van der Waals surface area contributed by atoms with Crippen LogP contribution in [0.4, 0.5) is 0 Å². The van der Waals surface area contributed by atoms with Crippen molar-refractivity contribution in [3.05, 3.63) is 11.6 Å². The lowest BCUT2D eigenvalue weighted by Crippen LogP contribution is -2.19. The van der Waals surface area contributed by atoms with Gasteiger partial charge in [-0.05, 0) is 27.9 Å². The summed E-state index contributed by atoms with van der Waals surface area (Å²) in [5, 5.41) is 0. The summed E-state index contributed by atoms with van der Waals surface area (Å²) in [6.07, 6.45) is 1.50. The Morgan fingerprint density at radius 3 is 2.42 bits per heavy atom. The van der Waals surface area contributed by atoms with Crippen molar-refractivity contribution in [1.82, 2.24) is 4.90 Å². The zero-order valence-electron chi connectivity index (χ0n) is 8.26. The van der Waals surface area contributed by atoms with Crippen molar-refractivity contribution in [3.8, 4) is 0 Å². The molecule has 3 heteroatoms. The third-order valence-electron chi connectivity index (χ3n) is 1.19. The van der Waals surface area contributed by atoms with Gasteiger partial charge in [0.15, 0.2) is 0 Å². The van der Waals surface area contributed by atoms with E-state index in [1.165, 1.54) is 6.08 Å². The summed E-state index contributed by atoms with van der Waals surface area (Å²) in [7, 11) is 3.88. The van der Waals surface area contributed by atoms with E-state index in [1.807, 2.05) is 32.8 Å². The first-order valence-electron chi connectivity index (χ1n) is 3.98. The molecule has 70 valence electrons. The molecule has 0 bridgehead atoms. The second-order valence-corrected chi connectivity index (χ2v) is 3.19. The van der Waals surface area contributed by atoms with Gasteiger partial charge in [-0.1, -0.05) is 5.57 Å². The molecule has 0 aromatic carbocycles. The minimum absolute atomic E-state index is 0.253. The van der Waals surface area contributed by atoms with Crippen molar-refractivity contribution >= 4 is 5.97 Å². The molecule has 0 aliphatic carbocycles. The molecule has 0 spiro atoms. The van der Waals surface area contributed by atoms with E-state index in [0.717, 1.165) is 12.1 Å². The molecule has 12 heavy (non-hydrogen) atoms. The molecule has 0 radical (unpaired) electrons. The monoisotopic (exact) mass is 171 g/mol. The van der Waals surface area contributed by atoms with Crippen molar-refractivity contribution in [2.24, 2.45) is 0 Å². The van der Waals surface area contributed by atoms with Crippen molar-refractivity contribution in [3.63, 3.8) is 0 Å². The summed E-state index contributed by atoms with van der Waals surface area (Å²) in [6.45, 7) is 4.96. The van der Waals surface area contributed by atoms with Crippen LogP contribution < -0.4 is 0 Å². The molecule has 3 nitrogen and oxygen atoms in total. The fraction of sp³-hybridized carbons (Fsp3) is 0.667. The van der Waals surface area contributed by atoms with E-state index in [-0.39, 0.29) is 5.97 Å². The Bertz CT molecular complexity index is 169. The van der Waals surface area contributed by atoms with E-state index in [0.29, 0.717) is 6.61 Å². The zero-order valence-corrected chi connectivity index (χ0v) is 8.26. The number of hydrogen-bond acceptors (Lipinski definition) is 3. The molecule has 0 aliphatic rings. The molecule has 0 saturated carbocycles. The van der Waals surface area contributed by atoms with Crippen LogP contribution in [0, 0.1) is 0 Å². The Morgan fingerprint density at radius 2 is 2.00 bits per heavy atom. The number of rotatable bonds is 4. The first kappa shape index (κ1) is 11.2. The van der Waals surface area contributed by atoms with Crippen molar-refractivity contribution < 1.29 is 9.53 Å². The van der Waals surface area contributed by atoms with E-state index in [4.69, 9.17) is 4.74 Å². The molecule has 0 aromatic heterocycles. The van der Waals surface area contributed by atoms with Gasteiger partial charge in [0.05, 0.1) is 0 Å². The lowest BCUT2D eigenvalue weighted by Gasteiger charge is -2.08. The van der Waals surface area contributed by atoms with Crippen LogP contribution in [0.5, 0.6) is 0 Å². The van der Waals surface area contributed by atoms with Crippen LogP contribution >= 0.6 is 0 Å². The third kappa shape index (κ3) is 7.28. The summed E-state index contributed by atoms with van der Waals surface area (Å²) >= 11 is 0. The molecule has 0 saturated heterocycles. The Morgan fingerprint density at radius 1 is 1.42 bits per heavy atom. The quantitative estimate of drug-likeness (QED) is 0.468. The normalized spacial score (nSPS) is 9.75. The van der Waals surface area contributed by atoms with E-state index in [9.17, 15) is 4.79 Å². The number of ether oxygens (including phenoxy) is 1. The molecule has 0 atom stereocenters. The van der Waals surface area contributed by atoms with E-state index >= 15 is 0 Å². The maximum absolute atomic E-state index is 10.9. The summed E-state index contributed by atoms with van der Waals surface area (Å²) < 4.78 is 4.91. The number of esters is 1. The predicted molar refractivity (Wildman–Crippen MR) is 48.9 cm³/mol. The second kappa shape index (κ2) is 5.77. The Labute approximate surface area is 74.0 Å². The van der Waals surface area contributed by atoms with Crippen LogP contribution in [-0.2, 0) is 9.53 Å². The second-order valence-electron chi connectivity index (χ2n) is 3.19. The zero-order chi connectivity index (χ0) is 9.56. The van der Waals surface area contributed by atoms with Gasteiger partial charge in [-0.2, -0.15) is 0 Å². The van der Waals surface area contributed by atoms with Crippen LogP contribution in [0.15, 0.2) is 11.6 Å². The minimum Gasteiger partial charge on any atom is -0.461 e. The first-order chi connectivity index (χ1) is 5.52. The molecule has 0 N–H and O–H groups in total. The smallest absolute Gasteiger partial charge is 0.330 e. The fourth-order valence-electron chi connectivity index (χ4n) is 0.606.